The maximum absolute atomic E-state index is 13.4. The van der Waals surface area contributed by atoms with E-state index in [1.54, 1.807) is 27.4 Å². The number of carbonyl (C=O) groups is 1. The van der Waals surface area contributed by atoms with Crippen molar-refractivity contribution in [3.05, 3.63) is 53.1 Å². The fraction of sp³-hybridized carbons (Fsp3) is 0.480. The van der Waals surface area contributed by atoms with Gasteiger partial charge in [-0.3, -0.25) is 4.79 Å². The number of Topliss-reactive ketones (excluding diaryl/α,β-unsaturated/α-hetero) is 1. The molecule has 2 aliphatic rings. The molecule has 1 aliphatic carbocycles. The number of hydrogen-bond donors (Lipinski definition) is 2. The van der Waals surface area contributed by atoms with Crippen LogP contribution in [0.4, 0.5) is 0 Å². The van der Waals surface area contributed by atoms with Gasteiger partial charge >= 0.3 is 0 Å². The zero-order valence-corrected chi connectivity index (χ0v) is 19.7. The first kappa shape index (κ1) is 24.4. The van der Waals surface area contributed by atoms with Crippen LogP contribution in [-0.4, -0.2) is 51.9 Å². The van der Waals surface area contributed by atoms with E-state index < -0.39 is 5.60 Å². The van der Waals surface area contributed by atoms with Gasteiger partial charge in [-0.2, -0.15) is 0 Å². The number of ketones is 1. The molecule has 0 saturated carbocycles. The Morgan fingerprint density at radius 2 is 1.69 bits per heavy atom. The third-order valence-corrected chi connectivity index (χ3v) is 6.94. The van der Waals surface area contributed by atoms with Gasteiger partial charge in [-0.15, -0.1) is 0 Å². The fourth-order valence-electron chi connectivity index (χ4n) is 5.15. The molecule has 4 rings (SSSR count). The Balaban J connectivity index is 0.00000289. The van der Waals surface area contributed by atoms with Gasteiger partial charge in [0.05, 0.1) is 46.9 Å². The molecule has 1 fully saturated rings. The Morgan fingerprint density at radius 3 is 2.28 bits per heavy atom. The van der Waals surface area contributed by atoms with Crippen molar-refractivity contribution in [2.75, 3.05) is 41.0 Å². The van der Waals surface area contributed by atoms with Crippen molar-refractivity contribution in [1.82, 2.24) is 0 Å². The highest BCUT2D eigenvalue weighted by molar-refractivity contribution is 6.02. The molecule has 2 N–H and O–H groups in total. The average molecular weight is 462 g/mol. The Kier molecular flexibility index (Phi) is 7.70. The molecule has 0 spiro atoms. The minimum atomic E-state index is -0.759. The third kappa shape index (κ3) is 4.45. The van der Waals surface area contributed by atoms with Crippen molar-refractivity contribution in [3.63, 3.8) is 0 Å². The summed E-state index contributed by atoms with van der Waals surface area (Å²) >= 11 is 0. The maximum Gasteiger partial charge on any atom is 0.203 e. The van der Waals surface area contributed by atoms with Crippen LogP contribution in [0.2, 0.25) is 0 Å². The van der Waals surface area contributed by atoms with Gasteiger partial charge in [-0.1, -0.05) is 30.3 Å². The van der Waals surface area contributed by atoms with Crippen LogP contribution < -0.4 is 31.5 Å². The predicted molar refractivity (Wildman–Crippen MR) is 117 cm³/mol. The lowest BCUT2D eigenvalue weighted by atomic mass is 9.80. The van der Waals surface area contributed by atoms with Crippen LogP contribution >= 0.6 is 0 Å². The SMILES string of the molecule is COc1cc2c(c(OC)c1OC)CCC(C[NH+]1CCC(O)(c3ccccc3)CC1)C2=O.[Cl-]. The van der Waals surface area contributed by atoms with E-state index in [4.69, 9.17) is 14.2 Å². The van der Waals surface area contributed by atoms with E-state index in [2.05, 4.69) is 0 Å². The summed E-state index contributed by atoms with van der Waals surface area (Å²) < 4.78 is 16.5. The third-order valence-electron chi connectivity index (χ3n) is 6.94. The molecule has 2 aromatic carbocycles. The van der Waals surface area contributed by atoms with Crippen LogP contribution in [0.3, 0.4) is 0 Å². The van der Waals surface area contributed by atoms with Crippen LogP contribution in [0.25, 0.3) is 0 Å². The Morgan fingerprint density at radius 1 is 1.03 bits per heavy atom. The number of aliphatic hydroxyl groups is 1. The highest BCUT2D eigenvalue weighted by Gasteiger charge is 2.39. The second-order valence-corrected chi connectivity index (χ2v) is 8.62. The number of carbonyl (C=O) groups excluding carboxylic acids is 1. The van der Waals surface area contributed by atoms with Gasteiger partial charge in [0, 0.05) is 24.0 Å². The number of methoxy groups -OCH3 is 3. The first-order chi connectivity index (χ1) is 15.0. The summed E-state index contributed by atoms with van der Waals surface area (Å²) in [7, 11) is 4.75. The van der Waals surface area contributed by atoms with E-state index in [1.807, 2.05) is 30.3 Å². The smallest absolute Gasteiger partial charge is 0.203 e. The van der Waals surface area contributed by atoms with Crippen molar-refractivity contribution in [3.8, 4) is 17.2 Å². The van der Waals surface area contributed by atoms with Crippen molar-refractivity contribution in [1.29, 1.82) is 0 Å². The molecular weight excluding hydrogens is 430 g/mol. The van der Waals surface area contributed by atoms with Crippen LogP contribution in [0.1, 0.15) is 40.7 Å². The minimum absolute atomic E-state index is 0. The zero-order valence-electron chi connectivity index (χ0n) is 18.9. The Bertz CT molecular complexity index is 941. The van der Waals surface area contributed by atoms with Crippen molar-refractivity contribution < 1.29 is 41.4 Å². The molecule has 1 saturated heterocycles. The monoisotopic (exact) mass is 461 g/mol. The molecule has 174 valence electrons. The molecule has 32 heavy (non-hydrogen) atoms. The number of benzene rings is 2. The summed E-state index contributed by atoms with van der Waals surface area (Å²) in [5, 5.41) is 11.1. The van der Waals surface area contributed by atoms with E-state index in [1.165, 1.54) is 4.90 Å². The van der Waals surface area contributed by atoms with Crippen LogP contribution in [0, 0.1) is 5.92 Å². The van der Waals surface area contributed by atoms with E-state index in [0.717, 1.165) is 43.6 Å². The molecule has 1 unspecified atom stereocenters. The number of fused-ring (bicyclic) bond motifs is 1. The predicted octanol–water partition coefficient (Wildman–Crippen LogP) is -0.972. The number of halogens is 1. The molecule has 1 heterocycles. The average Bonchev–Trinajstić information content (AvgIpc) is 2.81. The van der Waals surface area contributed by atoms with Gasteiger partial charge in [-0.05, 0) is 24.5 Å². The van der Waals surface area contributed by atoms with E-state index >= 15 is 0 Å². The number of likely N-dealkylation sites (tertiary alicyclic amines) is 1. The Labute approximate surface area is 195 Å². The molecule has 0 radical (unpaired) electrons. The molecule has 0 aromatic heterocycles. The van der Waals surface area contributed by atoms with Crippen LogP contribution in [0.5, 0.6) is 17.2 Å². The fourth-order valence-corrected chi connectivity index (χ4v) is 5.15. The first-order valence-corrected chi connectivity index (χ1v) is 11.0. The van der Waals surface area contributed by atoms with Gasteiger partial charge in [0.1, 0.15) is 5.60 Å². The molecule has 1 aliphatic heterocycles. The van der Waals surface area contributed by atoms with E-state index in [9.17, 15) is 9.90 Å². The summed E-state index contributed by atoms with van der Waals surface area (Å²) in [5.41, 5.74) is 1.83. The highest BCUT2D eigenvalue weighted by atomic mass is 35.5. The van der Waals surface area contributed by atoms with Crippen molar-refractivity contribution >= 4 is 5.78 Å². The molecule has 0 bridgehead atoms. The maximum atomic E-state index is 13.4. The summed E-state index contributed by atoms with van der Waals surface area (Å²) in [6, 6.07) is 11.7. The molecular formula is C25H32ClNO5. The van der Waals surface area contributed by atoms with Gasteiger partial charge in [-0.25, -0.2) is 0 Å². The summed E-state index contributed by atoms with van der Waals surface area (Å²) in [4.78, 5) is 14.7. The lowest BCUT2D eigenvalue weighted by molar-refractivity contribution is -0.910. The number of quaternary nitrogens is 1. The minimum Gasteiger partial charge on any atom is -1.00 e. The van der Waals surface area contributed by atoms with Gasteiger partial charge in [0.2, 0.25) is 5.75 Å². The molecule has 0 amide bonds. The zero-order chi connectivity index (χ0) is 22.0. The number of ether oxygens (including phenoxy) is 3. The molecule has 1 atom stereocenters. The van der Waals surface area contributed by atoms with E-state index in [-0.39, 0.29) is 24.1 Å². The summed E-state index contributed by atoms with van der Waals surface area (Å²) in [6.07, 6.45) is 2.99. The lowest BCUT2D eigenvalue weighted by Gasteiger charge is -2.38. The highest BCUT2D eigenvalue weighted by Crippen LogP contribution is 2.45. The summed E-state index contributed by atoms with van der Waals surface area (Å²) in [5.74, 6) is 1.77. The van der Waals surface area contributed by atoms with Crippen molar-refractivity contribution in [2.24, 2.45) is 5.92 Å². The lowest BCUT2D eigenvalue weighted by Crippen LogP contribution is -3.14. The van der Waals surface area contributed by atoms with Crippen molar-refractivity contribution in [2.45, 2.75) is 31.3 Å². The molecule has 7 heteroatoms. The number of piperidine rings is 1. The van der Waals surface area contributed by atoms with E-state index in [0.29, 0.717) is 35.7 Å². The van der Waals surface area contributed by atoms with Gasteiger partial charge in [0.15, 0.2) is 17.3 Å². The van der Waals surface area contributed by atoms with Gasteiger partial charge in [0.25, 0.3) is 0 Å². The number of hydrogen-bond acceptors (Lipinski definition) is 5. The molecule has 2 aromatic rings. The number of rotatable bonds is 6. The van der Waals surface area contributed by atoms with Crippen LogP contribution in [-0.2, 0) is 12.0 Å². The topological polar surface area (TPSA) is 69.4 Å². The molecule has 6 nitrogen and oxygen atoms in total. The second kappa shape index (κ2) is 10.1. The van der Waals surface area contributed by atoms with Gasteiger partial charge < -0.3 is 36.6 Å². The van der Waals surface area contributed by atoms with Crippen LogP contribution in [0.15, 0.2) is 36.4 Å². The standard InChI is InChI=1S/C25H31NO5.ClH/c1-29-21-15-20-19(23(30-2)24(21)31-3)10-9-17(22(20)27)16-26-13-11-25(28,12-14-26)18-7-5-4-6-8-18;/h4-8,15,17,28H,9-14,16H2,1-3H3;1H. The quantitative estimate of drug-likeness (QED) is 0.579. The Hall–Kier alpha value is -2.28. The normalized spacial score (nSPS) is 24.8. The first-order valence-electron chi connectivity index (χ1n) is 11.0. The second-order valence-electron chi connectivity index (χ2n) is 8.62. The summed E-state index contributed by atoms with van der Waals surface area (Å²) in [6.45, 7) is 2.51. The largest absolute Gasteiger partial charge is 1.00 e. The number of nitrogens with one attached hydrogen (secondary N) is 1.